The number of aryl methyl sites for hydroxylation is 1. The van der Waals surface area contributed by atoms with Crippen molar-refractivity contribution in [2.75, 3.05) is 6.61 Å². The quantitative estimate of drug-likeness (QED) is 0.443. The molecule has 7 nitrogen and oxygen atoms in total. The first-order valence-electron chi connectivity index (χ1n) is 9.91. The van der Waals surface area contributed by atoms with Crippen LogP contribution >= 0.6 is 0 Å². The zero-order valence-corrected chi connectivity index (χ0v) is 17.4. The van der Waals surface area contributed by atoms with Gasteiger partial charge >= 0.3 is 0 Å². The van der Waals surface area contributed by atoms with Crippen molar-refractivity contribution in [2.24, 2.45) is 5.10 Å². The number of para-hydroxylation sites is 1. The van der Waals surface area contributed by atoms with Gasteiger partial charge in [0.25, 0.3) is 11.5 Å². The number of benzene rings is 2. The molecule has 0 aliphatic heterocycles. The lowest BCUT2D eigenvalue weighted by atomic mass is 9.99. The van der Waals surface area contributed by atoms with E-state index in [0.29, 0.717) is 22.9 Å². The monoisotopic (exact) mass is 406 g/mol. The third-order valence-corrected chi connectivity index (χ3v) is 4.95. The van der Waals surface area contributed by atoms with Gasteiger partial charge in [-0.1, -0.05) is 44.2 Å². The van der Waals surface area contributed by atoms with Crippen molar-refractivity contribution < 1.29 is 9.53 Å². The molecule has 1 heterocycles. The SMILES string of the molecule is CC[C@H](C)c1ccc(OCC(=O)N/N=C/c2c(C)[nH]n(-c3ccccc3)c2=O)cc1. The first-order valence-corrected chi connectivity index (χ1v) is 9.91. The number of hydrogen-bond donors (Lipinski definition) is 2. The Morgan fingerprint density at radius 1 is 1.20 bits per heavy atom. The number of hydrazone groups is 1. The zero-order chi connectivity index (χ0) is 21.5. The van der Waals surface area contributed by atoms with Crippen LogP contribution in [-0.2, 0) is 4.79 Å². The molecule has 3 rings (SSSR count). The highest BCUT2D eigenvalue weighted by atomic mass is 16.5. The Hall–Kier alpha value is -3.61. The summed E-state index contributed by atoms with van der Waals surface area (Å²) in [6.07, 6.45) is 2.41. The lowest BCUT2D eigenvalue weighted by Gasteiger charge is -2.10. The van der Waals surface area contributed by atoms with E-state index in [1.807, 2.05) is 54.6 Å². The van der Waals surface area contributed by atoms with Crippen LogP contribution in [0.25, 0.3) is 5.69 Å². The number of rotatable bonds is 8. The smallest absolute Gasteiger partial charge is 0.280 e. The molecular weight excluding hydrogens is 380 g/mol. The van der Waals surface area contributed by atoms with Crippen LogP contribution in [0, 0.1) is 6.92 Å². The highest BCUT2D eigenvalue weighted by Crippen LogP contribution is 2.21. The third kappa shape index (κ3) is 5.05. The second-order valence-corrected chi connectivity index (χ2v) is 7.09. The van der Waals surface area contributed by atoms with Gasteiger partial charge in [0, 0.05) is 5.69 Å². The van der Waals surface area contributed by atoms with E-state index in [-0.39, 0.29) is 12.2 Å². The van der Waals surface area contributed by atoms with Gasteiger partial charge in [0.15, 0.2) is 6.61 Å². The minimum absolute atomic E-state index is 0.166. The number of nitrogens with one attached hydrogen (secondary N) is 2. The molecular formula is C23H26N4O3. The van der Waals surface area contributed by atoms with Crippen molar-refractivity contribution in [3.63, 3.8) is 0 Å². The molecule has 0 saturated carbocycles. The fourth-order valence-electron chi connectivity index (χ4n) is 2.95. The van der Waals surface area contributed by atoms with Crippen LogP contribution in [0.4, 0.5) is 0 Å². The number of aromatic amines is 1. The molecule has 30 heavy (non-hydrogen) atoms. The summed E-state index contributed by atoms with van der Waals surface area (Å²) in [4.78, 5) is 24.6. The van der Waals surface area contributed by atoms with Crippen molar-refractivity contribution in [3.05, 3.63) is 81.8 Å². The van der Waals surface area contributed by atoms with Crippen molar-refractivity contribution >= 4 is 12.1 Å². The molecule has 0 unspecified atom stereocenters. The summed E-state index contributed by atoms with van der Waals surface area (Å²) in [6, 6.07) is 17.0. The summed E-state index contributed by atoms with van der Waals surface area (Å²) in [5.41, 5.74) is 5.14. The topological polar surface area (TPSA) is 88.5 Å². The Labute approximate surface area is 175 Å². The first-order chi connectivity index (χ1) is 14.5. The van der Waals surface area contributed by atoms with Crippen molar-refractivity contribution in [1.82, 2.24) is 15.2 Å². The summed E-state index contributed by atoms with van der Waals surface area (Å²) in [5, 5.41) is 6.90. The largest absolute Gasteiger partial charge is 0.484 e. The number of carbonyl (C=O) groups is 1. The molecule has 7 heteroatoms. The standard InChI is InChI=1S/C23H26N4O3/c1-4-16(2)18-10-12-20(13-11-18)30-15-22(28)25-24-14-21-17(3)26-27(23(21)29)19-8-6-5-7-9-19/h5-14,16,26H,4,15H2,1-3H3,(H,25,28)/b24-14+/t16-/m0/s1. The molecule has 0 aliphatic rings. The number of H-pyrrole nitrogens is 1. The van der Waals surface area contributed by atoms with E-state index in [4.69, 9.17) is 4.74 Å². The van der Waals surface area contributed by atoms with Gasteiger partial charge in [-0.3, -0.25) is 14.7 Å². The summed E-state index contributed by atoms with van der Waals surface area (Å²) in [6.45, 7) is 5.92. The van der Waals surface area contributed by atoms with Gasteiger partial charge in [0.05, 0.1) is 17.5 Å². The summed E-state index contributed by atoms with van der Waals surface area (Å²) >= 11 is 0. The zero-order valence-electron chi connectivity index (χ0n) is 17.4. The Morgan fingerprint density at radius 2 is 1.90 bits per heavy atom. The van der Waals surface area contributed by atoms with Gasteiger partial charge in [-0.05, 0) is 49.1 Å². The number of ether oxygens (including phenoxy) is 1. The van der Waals surface area contributed by atoms with E-state index in [0.717, 1.165) is 12.1 Å². The van der Waals surface area contributed by atoms with E-state index in [9.17, 15) is 9.59 Å². The minimum atomic E-state index is -0.408. The highest BCUT2D eigenvalue weighted by Gasteiger charge is 2.10. The molecule has 0 fully saturated rings. The number of hydrogen-bond acceptors (Lipinski definition) is 4. The number of nitrogens with zero attached hydrogens (tertiary/aromatic N) is 2. The van der Waals surface area contributed by atoms with E-state index in [1.54, 1.807) is 6.92 Å². The van der Waals surface area contributed by atoms with E-state index < -0.39 is 5.91 Å². The number of aromatic nitrogens is 2. The molecule has 0 aliphatic carbocycles. The van der Waals surface area contributed by atoms with Crippen LogP contribution in [0.2, 0.25) is 0 Å². The molecule has 0 bridgehead atoms. The molecule has 0 spiro atoms. The molecule has 1 aromatic heterocycles. The van der Waals surface area contributed by atoms with Gasteiger partial charge < -0.3 is 4.74 Å². The van der Waals surface area contributed by atoms with Gasteiger partial charge in [0.2, 0.25) is 0 Å². The van der Waals surface area contributed by atoms with Crippen molar-refractivity contribution in [1.29, 1.82) is 0 Å². The van der Waals surface area contributed by atoms with Crippen molar-refractivity contribution in [2.45, 2.75) is 33.1 Å². The van der Waals surface area contributed by atoms with Crippen LogP contribution in [0.15, 0.2) is 64.5 Å². The van der Waals surface area contributed by atoms with Gasteiger partial charge in [0.1, 0.15) is 5.75 Å². The average molecular weight is 406 g/mol. The minimum Gasteiger partial charge on any atom is -0.484 e. The number of amides is 1. The molecule has 156 valence electrons. The fraction of sp³-hybridized carbons (Fsp3) is 0.261. The van der Waals surface area contributed by atoms with E-state index in [2.05, 4.69) is 29.5 Å². The van der Waals surface area contributed by atoms with Crippen LogP contribution in [0.3, 0.4) is 0 Å². The molecule has 2 N–H and O–H groups in total. The Bertz CT molecular complexity index is 1070. The second-order valence-electron chi connectivity index (χ2n) is 7.09. The van der Waals surface area contributed by atoms with Gasteiger partial charge in [-0.15, -0.1) is 0 Å². The van der Waals surface area contributed by atoms with E-state index >= 15 is 0 Å². The Morgan fingerprint density at radius 3 is 2.57 bits per heavy atom. The molecule has 0 saturated heterocycles. The van der Waals surface area contributed by atoms with Crippen LogP contribution in [0.5, 0.6) is 5.75 Å². The van der Waals surface area contributed by atoms with Gasteiger partial charge in [-0.25, -0.2) is 10.1 Å². The molecule has 2 aromatic carbocycles. The summed E-state index contributed by atoms with van der Waals surface area (Å²) < 4.78 is 6.93. The maximum Gasteiger partial charge on any atom is 0.280 e. The van der Waals surface area contributed by atoms with Gasteiger partial charge in [-0.2, -0.15) is 5.10 Å². The number of carbonyl (C=O) groups excluding carboxylic acids is 1. The lowest BCUT2D eigenvalue weighted by molar-refractivity contribution is -0.123. The normalized spacial score (nSPS) is 12.1. The first kappa shape index (κ1) is 21.1. The molecule has 3 aromatic rings. The molecule has 0 radical (unpaired) electrons. The average Bonchev–Trinajstić information content (AvgIpc) is 3.06. The van der Waals surface area contributed by atoms with Crippen molar-refractivity contribution in [3.8, 4) is 11.4 Å². The lowest BCUT2D eigenvalue weighted by Crippen LogP contribution is -2.25. The fourth-order valence-corrected chi connectivity index (χ4v) is 2.95. The second kappa shape index (κ2) is 9.73. The third-order valence-electron chi connectivity index (χ3n) is 4.95. The molecule has 1 amide bonds. The summed E-state index contributed by atoms with van der Waals surface area (Å²) in [7, 11) is 0. The Balaban J connectivity index is 1.56. The van der Waals surface area contributed by atoms with Crippen LogP contribution in [0.1, 0.15) is 43.0 Å². The Kier molecular flexibility index (Phi) is 6.85. The maximum absolute atomic E-state index is 12.6. The molecule has 1 atom stereocenters. The van der Waals surface area contributed by atoms with E-state index in [1.165, 1.54) is 16.5 Å². The van der Waals surface area contributed by atoms with Crippen LogP contribution in [-0.4, -0.2) is 28.5 Å². The highest BCUT2D eigenvalue weighted by molar-refractivity contribution is 5.83. The predicted molar refractivity (Wildman–Crippen MR) is 118 cm³/mol. The van der Waals surface area contributed by atoms with Crippen LogP contribution < -0.4 is 15.7 Å². The maximum atomic E-state index is 12.6. The summed E-state index contributed by atoms with van der Waals surface area (Å²) in [5.74, 6) is 0.697. The predicted octanol–water partition coefficient (Wildman–Crippen LogP) is 3.52.